The Morgan fingerprint density at radius 3 is 2.76 bits per heavy atom. The molecular formula is C16H16FNO3. The molecule has 1 saturated heterocycles. The number of halogens is 1. The molecule has 0 unspecified atom stereocenters. The molecule has 0 radical (unpaired) electrons. The van der Waals surface area contributed by atoms with Crippen molar-refractivity contribution in [2.75, 3.05) is 13.2 Å². The van der Waals surface area contributed by atoms with Crippen molar-refractivity contribution in [1.82, 2.24) is 4.90 Å². The van der Waals surface area contributed by atoms with Crippen LogP contribution < -0.4 is 0 Å². The first-order valence-corrected chi connectivity index (χ1v) is 6.96. The average molecular weight is 289 g/mol. The van der Waals surface area contributed by atoms with Crippen molar-refractivity contribution in [2.24, 2.45) is 0 Å². The van der Waals surface area contributed by atoms with Gasteiger partial charge in [-0.3, -0.25) is 4.79 Å². The molecule has 1 aliphatic rings. The molecule has 0 bridgehead atoms. The molecule has 4 nitrogen and oxygen atoms in total. The molecular weight excluding hydrogens is 273 g/mol. The first kappa shape index (κ1) is 13.8. The van der Waals surface area contributed by atoms with Crippen LogP contribution in [0, 0.1) is 5.82 Å². The number of rotatable bonds is 3. The summed E-state index contributed by atoms with van der Waals surface area (Å²) in [6.07, 6.45) is 1.70. The van der Waals surface area contributed by atoms with Gasteiger partial charge in [0.1, 0.15) is 11.6 Å². The fourth-order valence-electron chi connectivity index (χ4n) is 2.66. The number of aliphatic hydroxyl groups is 1. The van der Waals surface area contributed by atoms with E-state index in [1.165, 1.54) is 12.1 Å². The Balaban J connectivity index is 1.81. The summed E-state index contributed by atoms with van der Waals surface area (Å²) < 4.78 is 18.5. The Labute approximate surface area is 121 Å². The first-order chi connectivity index (χ1) is 10.2. The summed E-state index contributed by atoms with van der Waals surface area (Å²) in [6.45, 7) is 0.605. The van der Waals surface area contributed by atoms with Gasteiger partial charge in [0.15, 0.2) is 5.76 Å². The minimum atomic E-state index is -0.315. The maximum absolute atomic E-state index is 12.9. The quantitative estimate of drug-likeness (QED) is 0.945. The predicted octanol–water partition coefficient (Wildman–Crippen LogP) is 2.68. The Hall–Kier alpha value is -2.14. The summed E-state index contributed by atoms with van der Waals surface area (Å²) in [5, 5.41) is 9.28. The molecule has 1 atom stereocenters. The molecule has 2 heterocycles. The number of benzene rings is 1. The van der Waals surface area contributed by atoms with Crippen molar-refractivity contribution in [2.45, 2.75) is 18.9 Å². The van der Waals surface area contributed by atoms with E-state index in [4.69, 9.17) is 4.42 Å². The molecule has 2 aromatic rings. The van der Waals surface area contributed by atoms with Gasteiger partial charge < -0.3 is 14.4 Å². The SMILES string of the molecule is O=C(c1ccc(-c2ccc(F)cc2)o1)N1CCC[C@@H]1CO. The molecule has 21 heavy (non-hydrogen) atoms. The van der Waals surface area contributed by atoms with Gasteiger partial charge in [0, 0.05) is 12.1 Å². The molecule has 1 aliphatic heterocycles. The van der Waals surface area contributed by atoms with Gasteiger partial charge in [-0.2, -0.15) is 0 Å². The lowest BCUT2D eigenvalue weighted by Crippen LogP contribution is -2.37. The Bertz CT molecular complexity index is 635. The number of aliphatic hydroxyl groups excluding tert-OH is 1. The second kappa shape index (κ2) is 5.69. The maximum Gasteiger partial charge on any atom is 0.289 e. The van der Waals surface area contributed by atoms with Gasteiger partial charge in [0.2, 0.25) is 0 Å². The standard InChI is InChI=1S/C16H16FNO3/c17-12-5-3-11(4-6-12)14-7-8-15(21-14)16(20)18-9-1-2-13(18)10-19/h3-8,13,19H,1-2,9-10H2/t13-/m1/s1. The van der Waals surface area contributed by atoms with Crippen LogP contribution in [0.1, 0.15) is 23.4 Å². The zero-order valence-corrected chi connectivity index (χ0v) is 11.5. The molecule has 3 rings (SSSR count). The molecule has 5 heteroatoms. The number of furan rings is 1. The van der Waals surface area contributed by atoms with Gasteiger partial charge >= 0.3 is 0 Å². The van der Waals surface area contributed by atoms with Crippen LogP contribution in [0.4, 0.5) is 4.39 Å². The Kier molecular flexibility index (Phi) is 3.75. The van der Waals surface area contributed by atoms with Crippen LogP contribution in [-0.2, 0) is 0 Å². The normalized spacial score (nSPS) is 18.2. The van der Waals surface area contributed by atoms with Gasteiger partial charge in [-0.1, -0.05) is 0 Å². The van der Waals surface area contributed by atoms with Crippen LogP contribution in [0.2, 0.25) is 0 Å². The third-order valence-corrected chi connectivity index (χ3v) is 3.79. The average Bonchev–Trinajstić information content (AvgIpc) is 3.16. The number of likely N-dealkylation sites (tertiary alicyclic amines) is 1. The summed E-state index contributed by atoms with van der Waals surface area (Å²) in [7, 11) is 0. The highest BCUT2D eigenvalue weighted by atomic mass is 19.1. The lowest BCUT2D eigenvalue weighted by atomic mass is 10.2. The first-order valence-electron chi connectivity index (χ1n) is 6.96. The molecule has 0 aliphatic carbocycles. The highest BCUT2D eigenvalue weighted by molar-refractivity contribution is 5.92. The minimum Gasteiger partial charge on any atom is -0.451 e. The van der Waals surface area contributed by atoms with E-state index in [9.17, 15) is 14.3 Å². The topological polar surface area (TPSA) is 53.7 Å². The number of carbonyl (C=O) groups excluding carboxylic acids is 1. The van der Waals surface area contributed by atoms with Crippen LogP contribution in [0.3, 0.4) is 0 Å². The largest absolute Gasteiger partial charge is 0.451 e. The monoisotopic (exact) mass is 289 g/mol. The summed E-state index contributed by atoms with van der Waals surface area (Å²) in [5.74, 6) is 0.247. The minimum absolute atomic E-state index is 0.0305. The van der Waals surface area contributed by atoms with E-state index in [0.717, 1.165) is 18.4 Å². The summed E-state index contributed by atoms with van der Waals surface area (Å²) in [5.41, 5.74) is 0.718. The van der Waals surface area contributed by atoms with E-state index >= 15 is 0 Å². The Morgan fingerprint density at radius 1 is 1.29 bits per heavy atom. The maximum atomic E-state index is 12.9. The number of nitrogens with zero attached hydrogens (tertiary/aromatic N) is 1. The van der Waals surface area contributed by atoms with E-state index in [1.807, 2.05) is 0 Å². The van der Waals surface area contributed by atoms with Gasteiger partial charge in [0.05, 0.1) is 12.6 Å². The molecule has 0 saturated carbocycles. The third-order valence-electron chi connectivity index (χ3n) is 3.79. The van der Waals surface area contributed by atoms with Gasteiger partial charge in [-0.05, 0) is 49.2 Å². The van der Waals surface area contributed by atoms with E-state index in [-0.39, 0.29) is 30.1 Å². The predicted molar refractivity (Wildman–Crippen MR) is 75.2 cm³/mol. The molecule has 1 fully saturated rings. The second-order valence-electron chi connectivity index (χ2n) is 5.15. The number of hydrogen-bond acceptors (Lipinski definition) is 3. The summed E-state index contributed by atoms with van der Waals surface area (Å²) >= 11 is 0. The fraction of sp³-hybridized carbons (Fsp3) is 0.312. The number of hydrogen-bond donors (Lipinski definition) is 1. The van der Waals surface area contributed by atoms with Gasteiger partial charge in [-0.15, -0.1) is 0 Å². The third kappa shape index (κ3) is 2.69. The van der Waals surface area contributed by atoms with Crippen molar-refractivity contribution >= 4 is 5.91 Å². The second-order valence-corrected chi connectivity index (χ2v) is 5.15. The van der Waals surface area contributed by atoms with Crippen LogP contribution >= 0.6 is 0 Å². The fourth-order valence-corrected chi connectivity index (χ4v) is 2.66. The summed E-state index contributed by atoms with van der Waals surface area (Å²) in [4.78, 5) is 14.0. The lowest BCUT2D eigenvalue weighted by molar-refractivity contribution is 0.0647. The van der Waals surface area contributed by atoms with E-state index in [1.54, 1.807) is 29.2 Å². The molecule has 1 amide bonds. The van der Waals surface area contributed by atoms with E-state index in [2.05, 4.69) is 0 Å². The van der Waals surface area contributed by atoms with Crippen LogP contribution in [0.25, 0.3) is 11.3 Å². The zero-order chi connectivity index (χ0) is 14.8. The van der Waals surface area contributed by atoms with Crippen molar-refractivity contribution in [3.8, 4) is 11.3 Å². The van der Waals surface area contributed by atoms with E-state index < -0.39 is 0 Å². The van der Waals surface area contributed by atoms with Crippen molar-refractivity contribution < 1.29 is 18.7 Å². The van der Waals surface area contributed by atoms with Crippen molar-refractivity contribution in [3.63, 3.8) is 0 Å². The molecule has 1 aromatic carbocycles. The highest BCUT2D eigenvalue weighted by Crippen LogP contribution is 2.25. The zero-order valence-electron chi connectivity index (χ0n) is 11.5. The number of amides is 1. The van der Waals surface area contributed by atoms with Crippen LogP contribution in [-0.4, -0.2) is 35.1 Å². The molecule has 1 N–H and O–H groups in total. The van der Waals surface area contributed by atoms with Gasteiger partial charge in [-0.25, -0.2) is 4.39 Å². The van der Waals surface area contributed by atoms with Gasteiger partial charge in [0.25, 0.3) is 5.91 Å². The molecule has 110 valence electrons. The number of carbonyl (C=O) groups is 1. The smallest absolute Gasteiger partial charge is 0.289 e. The summed E-state index contributed by atoms with van der Waals surface area (Å²) in [6, 6.07) is 9.10. The van der Waals surface area contributed by atoms with Crippen LogP contribution in [0.5, 0.6) is 0 Å². The van der Waals surface area contributed by atoms with Crippen molar-refractivity contribution in [1.29, 1.82) is 0 Å². The molecule has 0 spiro atoms. The molecule has 1 aromatic heterocycles. The van der Waals surface area contributed by atoms with Crippen molar-refractivity contribution in [3.05, 3.63) is 48.0 Å². The Morgan fingerprint density at radius 2 is 2.05 bits per heavy atom. The lowest BCUT2D eigenvalue weighted by Gasteiger charge is -2.21. The van der Waals surface area contributed by atoms with Crippen LogP contribution in [0.15, 0.2) is 40.8 Å². The highest BCUT2D eigenvalue weighted by Gasteiger charge is 2.30. The van der Waals surface area contributed by atoms with E-state index in [0.29, 0.717) is 12.3 Å².